The summed E-state index contributed by atoms with van der Waals surface area (Å²) in [6.45, 7) is 4.96. The van der Waals surface area contributed by atoms with Gasteiger partial charge in [0.25, 0.3) is 0 Å². The second-order valence-electron chi connectivity index (χ2n) is 9.24. The second-order valence-corrected chi connectivity index (χ2v) is 9.24. The van der Waals surface area contributed by atoms with Crippen LogP contribution in [-0.2, 0) is 15.7 Å². The number of carbonyl (C=O) groups is 1. The van der Waals surface area contributed by atoms with E-state index >= 15 is 0 Å². The molecule has 192 valence electrons. The molecule has 2 aromatic carbocycles. The minimum absolute atomic E-state index is 0.00552. The lowest BCUT2D eigenvalue weighted by atomic mass is 9.88. The molecular formula is C26H30F3N5O2. The van der Waals surface area contributed by atoms with Crippen molar-refractivity contribution in [1.82, 2.24) is 14.9 Å². The Morgan fingerprint density at radius 1 is 1.19 bits per heavy atom. The summed E-state index contributed by atoms with van der Waals surface area (Å²) in [4.78, 5) is 23.0. The molecule has 2 heterocycles. The van der Waals surface area contributed by atoms with Gasteiger partial charge in [0.1, 0.15) is 18.2 Å². The molecule has 0 bridgehead atoms. The number of halogens is 3. The van der Waals surface area contributed by atoms with Gasteiger partial charge in [0, 0.05) is 31.3 Å². The van der Waals surface area contributed by atoms with Crippen LogP contribution in [-0.4, -0.2) is 47.6 Å². The SMILES string of the molecule is COCC(=O)N1CCC(c2ccc3nc(C)nc(N[C@@H](C)c4cc(N)cc(C(F)(F)F)c4)c3c2)CC1. The Kier molecular flexibility index (Phi) is 7.35. The van der Waals surface area contributed by atoms with Gasteiger partial charge >= 0.3 is 6.18 Å². The number of anilines is 2. The summed E-state index contributed by atoms with van der Waals surface area (Å²) in [6, 6.07) is 9.13. The lowest BCUT2D eigenvalue weighted by Crippen LogP contribution is -2.39. The van der Waals surface area contributed by atoms with E-state index in [-0.39, 0.29) is 24.1 Å². The number of amides is 1. The molecule has 36 heavy (non-hydrogen) atoms. The van der Waals surface area contributed by atoms with E-state index in [0.29, 0.717) is 30.3 Å². The van der Waals surface area contributed by atoms with E-state index in [1.807, 2.05) is 23.1 Å². The first-order valence-corrected chi connectivity index (χ1v) is 11.8. The van der Waals surface area contributed by atoms with Gasteiger partial charge in [-0.05, 0) is 74.1 Å². The van der Waals surface area contributed by atoms with E-state index in [9.17, 15) is 18.0 Å². The van der Waals surface area contributed by atoms with Crippen molar-refractivity contribution in [2.75, 3.05) is 37.9 Å². The van der Waals surface area contributed by atoms with E-state index in [0.717, 1.165) is 41.4 Å². The first kappa shape index (κ1) is 25.7. The number of aromatic nitrogens is 2. The standard InChI is InChI=1S/C26H30F3N5O2/c1-15(19-10-20(26(27,28)29)13-21(30)11-19)31-25-22-12-18(4-5-23(22)32-16(2)33-25)17-6-8-34(9-7-17)24(35)14-36-3/h4-5,10-13,15,17H,6-9,14,30H2,1-3H3,(H,31,32,33)/t15-/m0/s1. The number of carbonyl (C=O) groups excluding carboxylic acids is 1. The molecule has 0 saturated carbocycles. The molecule has 1 fully saturated rings. The number of aryl methyl sites for hydroxylation is 1. The Morgan fingerprint density at radius 2 is 1.92 bits per heavy atom. The number of alkyl halides is 3. The van der Waals surface area contributed by atoms with E-state index in [2.05, 4.69) is 15.3 Å². The summed E-state index contributed by atoms with van der Waals surface area (Å²) >= 11 is 0. The average molecular weight is 502 g/mol. The summed E-state index contributed by atoms with van der Waals surface area (Å²) in [5, 5.41) is 4.07. The first-order chi connectivity index (χ1) is 17.0. The number of nitrogen functional groups attached to an aromatic ring is 1. The molecular weight excluding hydrogens is 471 g/mol. The molecule has 0 aliphatic carbocycles. The highest BCUT2D eigenvalue weighted by Gasteiger charge is 2.31. The van der Waals surface area contributed by atoms with Crippen molar-refractivity contribution in [1.29, 1.82) is 0 Å². The summed E-state index contributed by atoms with van der Waals surface area (Å²) in [5.41, 5.74) is 7.31. The van der Waals surface area contributed by atoms with Crippen molar-refractivity contribution in [3.8, 4) is 0 Å². The van der Waals surface area contributed by atoms with Crippen LogP contribution in [0.4, 0.5) is 24.7 Å². The van der Waals surface area contributed by atoms with E-state index in [4.69, 9.17) is 10.5 Å². The summed E-state index contributed by atoms with van der Waals surface area (Å²) < 4.78 is 44.9. The van der Waals surface area contributed by atoms with Crippen LogP contribution in [0, 0.1) is 6.92 Å². The highest BCUT2D eigenvalue weighted by atomic mass is 19.4. The smallest absolute Gasteiger partial charge is 0.399 e. The quantitative estimate of drug-likeness (QED) is 0.459. The third kappa shape index (κ3) is 5.70. The van der Waals surface area contributed by atoms with Crippen LogP contribution in [0.1, 0.15) is 54.2 Å². The van der Waals surface area contributed by atoms with Crippen molar-refractivity contribution in [3.63, 3.8) is 0 Å². The molecule has 7 nitrogen and oxygen atoms in total. The number of ether oxygens (including phenoxy) is 1. The number of nitrogens with one attached hydrogen (secondary N) is 1. The lowest BCUT2D eigenvalue weighted by molar-refractivity contribution is -0.137. The molecule has 0 unspecified atom stereocenters. The third-order valence-electron chi connectivity index (χ3n) is 6.58. The molecule has 1 aromatic heterocycles. The normalized spacial score (nSPS) is 15.8. The van der Waals surface area contributed by atoms with Gasteiger partial charge in [-0.3, -0.25) is 4.79 Å². The Bertz CT molecular complexity index is 1260. The zero-order valence-corrected chi connectivity index (χ0v) is 20.5. The van der Waals surface area contributed by atoms with E-state index < -0.39 is 17.8 Å². The number of nitrogens with zero attached hydrogens (tertiary/aromatic N) is 3. The molecule has 1 aliphatic heterocycles. The fourth-order valence-corrected chi connectivity index (χ4v) is 4.68. The maximum Gasteiger partial charge on any atom is 0.416 e. The van der Waals surface area contributed by atoms with Crippen molar-refractivity contribution in [2.45, 2.75) is 44.8 Å². The minimum atomic E-state index is -4.49. The van der Waals surface area contributed by atoms with E-state index in [1.54, 1.807) is 13.8 Å². The number of hydrogen-bond donors (Lipinski definition) is 2. The Balaban J connectivity index is 1.59. The van der Waals surface area contributed by atoms with Gasteiger partial charge < -0.3 is 20.7 Å². The molecule has 4 rings (SSSR count). The molecule has 0 spiro atoms. The average Bonchev–Trinajstić information content (AvgIpc) is 2.83. The molecule has 1 aliphatic rings. The van der Waals surface area contributed by atoms with Gasteiger partial charge in [-0.1, -0.05) is 6.07 Å². The molecule has 1 atom stereocenters. The first-order valence-electron chi connectivity index (χ1n) is 11.8. The van der Waals surface area contributed by atoms with Gasteiger partial charge in [-0.2, -0.15) is 13.2 Å². The molecule has 0 radical (unpaired) electrons. The maximum atomic E-state index is 13.3. The predicted molar refractivity (Wildman–Crippen MR) is 133 cm³/mol. The lowest BCUT2D eigenvalue weighted by Gasteiger charge is -2.32. The van der Waals surface area contributed by atoms with Crippen molar-refractivity contribution >= 4 is 28.3 Å². The number of nitrogens with two attached hydrogens (primary N) is 1. The number of likely N-dealkylation sites (tertiary alicyclic amines) is 1. The van der Waals surface area contributed by atoms with Crippen LogP contribution >= 0.6 is 0 Å². The Labute approximate surface area is 207 Å². The summed E-state index contributed by atoms with van der Waals surface area (Å²) in [5.74, 6) is 1.37. The molecule has 1 saturated heterocycles. The number of benzene rings is 2. The van der Waals surface area contributed by atoms with Crippen molar-refractivity contribution < 1.29 is 22.7 Å². The van der Waals surface area contributed by atoms with E-state index in [1.165, 1.54) is 13.2 Å². The number of piperidine rings is 1. The monoisotopic (exact) mass is 501 g/mol. The van der Waals surface area contributed by atoms with Crippen LogP contribution in [0.2, 0.25) is 0 Å². The van der Waals surface area contributed by atoms with Gasteiger partial charge in [-0.25, -0.2) is 9.97 Å². The zero-order valence-electron chi connectivity index (χ0n) is 20.5. The van der Waals surface area contributed by atoms with Gasteiger partial charge in [0.05, 0.1) is 17.1 Å². The fraction of sp³-hybridized carbons (Fsp3) is 0.423. The van der Waals surface area contributed by atoms with Crippen molar-refractivity contribution in [3.05, 3.63) is 58.9 Å². The number of rotatable bonds is 6. The molecule has 3 aromatic rings. The Morgan fingerprint density at radius 3 is 2.58 bits per heavy atom. The van der Waals surface area contributed by atoms with Crippen LogP contribution in [0.25, 0.3) is 10.9 Å². The minimum Gasteiger partial charge on any atom is -0.399 e. The predicted octanol–water partition coefficient (Wildman–Crippen LogP) is 5.06. The second kappa shape index (κ2) is 10.3. The zero-order chi connectivity index (χ0) is 26.0. The van der Waals surface area contributed by atoms with Crippen molar-refractivity contribution in [2.24, 2.45) is 0 Å². The Hall–Kier alpha value is -3.40. The largest absolute Gasteiger partial charge is 0.416 e. The van der Waals surface area contributed by atoms with Gasteiger partial charge in [0.15, 0.2) is 0 Å². The molecule has 1 amide bonds. The number of fused-ring (bicyclic) bond motifs is 1. The number of methoxy groups -OCH3 is 1. The maximum absolute atomic E-state index is 13.3. The molecule has 3 N–H and O–H groups in total. The summed E-state index contributed by atoms with van der Waals surface area (Å²) in [6.07, 6.45) is -2.83. The molecule has 10 heteroatoms. The fourth-order valence-electron chi connectivity index (χ4n) is 4.68. The third-order valence-corrected chi connectivity index (χ3v) is 6.58. The van der Waals surface area contributed by atoms with Crippen LogP contribution in [0.15, 0.2) is 36.4 Å². The van der Waals surface area contributed by atoms with Crippen LogP contribution in [0.3, 0.4) is 0 Å². The van der Waals surface area contributed by atoms with Gasteiger partial charge in [0.2, 0.25) is 5.91 Å². The highest BCUT2D eigenvalue weighted by molar-refractivity contribution is 5.90. The van der Waals surface area contributed by atoms with Gasteiger partial charge in [-0.15, -0.1) is 0 Å². The van der Waals surface area contributed by atoms with Crippen LogP contribution < -0.4 is 11.1 Å². The van der Waals surface area contributed by atoms with Crippen LogP contribution in [0.5, 0.6) is 0 Å². The highest BCUT2D eigenvalue weighted by Crippen LogP contribution is 2.35. The topological polar surface area (TPSA) is 93.4 Å². The number of hydrogen-bond acceptors (Lipinski definition) is 6. The summed E-state index contributed by atoms with van der Waals surface area (Å²) in [7, 11) is 1.51.